The second-order valence-corrected chi connectivity index (χ2v) is 25.7. The van der Waals surface area contributed by atoms with Gasteiger partial charge in [-0.15, -0.1) is 12.4 Å². The molecule has 5 heterocycles. The number of amides is 1. The molecule has 534 valence electrons. The summed E-state index contributed by atoms with van der Waals surface area (Å²) in [6.07, 6.45) is -16.9. The lowest BCUT2D eigenvalue weighted by atomic mass is 9.44. The van der Waals surface area contributed by atoms with E-state index in [1.807, 2.05) is 4.98 Å². The number of aromatic amines is 3. The van der Waals surface area contributed by atoms with Gasteiger partial charge in [-0.2, -0.15) is 13.2 Å². The van der Waals surface area contributed by atoms with Crippen molar-refractivity contribution in [1.82, 2.24) is 29.7 Å². The molecule has 28 nitrogen and oxygen atoms in total. The second-order valence-electron chi connectivity index (χ2n) is 25.3. The van der Waals surface area contributed by atoms with E-state index < -0.39 is 172 Å². The van der Waals surface area contributed by atoms with Crippen LogP contribution in [0.1, 0.15) is 123 Å². The summed E-state index contributed by atoms with van der Waals surface area (Å²) >= 11 is 5.78. The maximum absolute atomic E-state index is 15.5. The first-order valence-electron chi connectivity index (χ1n) is 31.0. The number of carbonyl (C=O) groups excluding carboxylic acids is 6. The summed E-state index contributed by atoms with van der Waals surface area (Å²) < 4.78 is 73.7. The minimum Gasteiger partial charge on any atom is -0.456 e. The summed E-state index contributed by atoms with van der Waals surface area (Å²) in [6, 6.07) is 22.9. The summed E-state index contributed by atoms with van der Waals surface area (Å²) in [5.74, 6) is -6.33. The van der Waals surface area contributed by atoms with Gasteiger partial charge in [-0.1, -0.05) is 92.2 Å². The monoisotopic (exact) mass is 1430 g/mol. The molecule has 2 saturated carbocycles. The zero-order chi connectivity index (χ0) is 71.7. The summed E-state index contributed by atoms with van der Waals surface area (Å²) in [6.45, 7) is 8.49. The van der Waals surface area contributed by atoms with Crippen molar-refractivity contribution in [2.24, 2.45) is 16.7 Å². The molecule has 5 aromatic rings. The number of halogens is 5. The Hall–Kier alpha value is -8.66. The first kappa shape index (κ1) is 76.1. The van der Waals surface area contributed by atoms with E-state index in [1.54, 1.807) is 103 Å². The van der Waals surface area contributed by atoms with E-state index in [9.17, 15) is 76.7 Å². The number of nitrogens with one attached hydrogen (secondary N) is 5. The van der Waals surface area contributed by atoms with E-state index in [0.29, 0.717) is 34.4 Å². The van der Waals surface area contributed by atoms with Crippen LogP contribution in [0.5, 0.6) is 0 Å². The van der Waals surface area contributed by atoms with Crippen molar-refractivity contribution >= 4 is 65.4 Å². The zero-order valence-electron chi connectivity index (χ0n) is 54.0. The fourth-order valence-electron chi connectivity index (χ4n) is 13.9. The lowest BCUT2D eigenvalue weighted by Crippen LogP contribution is -2.82. The molecular formula is C66H74Cl2F3N7O21. The number of hydrogen-bond acceptors (Lipinski definition) is 22. The number of aliphatic hydroxyl groups excluding tert-OH is 4. The molecule has 99 heavy (non-hydrogen) atoms. The van der Waals surface area contributed by atoms with Gasteiger partial charge in [0.15, 0.2) is 23.6 Å². The van der Waals surface area contributed by atoms with E-state index in [4.69, 9.17) is 50.5 Å². The molecule has 0 unspecified atom stereocenters. The third-order valence-corrected chi connectivity index (χ3v) is 19.4. The van der Waals surface area contributed by atoms with Gasteiger partial charge in [-0.25, -0.2) is 19.2 Å². The first-order valence-corrected chi connectivity index (χ1v) is 31.4. The van der Waals surface area contributed by atoms with Gasteiger partial charge in [0.1, 0.15) is 46.8 Å². The van der Waals surface area contributed by atoms with Crippen LogP contribution in [0.4, 0.5) is 13.2 Å². The number of nitrogens with zero attached hydrogens (tertiary/aromatic N) is 2. The Morgan fingerprint density at radius 3 is 2.01 bits per heavy atom. The normalized spacial score (nSPS) is 27.9. The molecule has 3 aliphatic carbocycles. The van der Waals surface area contributed by atoms with E-state index in [1.165, 1.54) is 26.0 Å². The number of benzene rings is 3. The van der Waals surface area contributed by atoms with Crippen LogP contribution in [0.15, 0.2) is 128 Å². The molecule has 3 aliphatic heterocycles. The summed E-state index contributed by atoms with van der Waals surface area (Å²) in [5.41, 5.74) is -12.0. The second kappa shape index (κ2) is 30.0. The minimum absolute atomic E-state index is 0. The number of hydrogen-bond donors (Lipinski definition) is 10. The maximum Gasteiger partial charge on any atom is 0.423 e. The Bertz CT molecular complexity index is 4160. The molecule has 2 bridgehead atoms. The molecule has 11 rings (SSSR count). The number of fused-ring (bicyclic) bond motifs is 5. The number of likely N-dealkylation sites (tertiary alicyclic amines) is 1. The van der Waals surface area contributed by atoms with Crippen LogP contribution in [-0.4, -0.2) is 171 Å². The molecule has 10 N–H and O–H groups in total. The molecule has 6 aliphatic rings. The Balaban J connectivity index is 0.000000272. The van der Waals surface area contributed by atoms with E-state index in [-0.39, 0.29) is 59.2 Å². The van der Waals surface area contributed by atoms with Crippen molar-refractivity contribution in [3.05, 3.63) is 183 Å². The molecule has 3 aromatic carbocycles. The number of amidine groups is 1. The largest absolute Gasteiger partial charge is 0.456 e. The number of ether oxygens (including phenoxy) is 6. The Labute approximate surface area is 572 Å². The topological polar surface area (TPSA) is 419 Å². The van der Waals surface area contributed by atoms with Crippen LogP contribution in [-0.2, 0) is 60.3 Å². The first-order chi connectivity index (χ1) is 46.1. The van der Waals surface area contributed by atoms with Crippen molar-refractivity contribution in [3.8, 4) is 0 Å². The average Bonchev–Trinajstić information content (AvgIpc) is 0.739. The van der Waals surface area contributed by atoms with E-state index >= 15 is 4.79 Å². The van der Waals surface area contributed by atoms with Gasteiger partial charge < -0.3 is 69.2 Å². The Morgan fingerprint density at radius 1 is 0.848 bits per heavy atom. The molecule has 2 aromatic heterocycles. The Morgan fingerprint density at radius 2 is 1.46 bits per heavy atom. The van der Waals surface area contributed by atoms with Crippen molar-refractivity contribution in [3.63, 3.8) is 0 Å². The molecule has 0 spiro atoms. The van der Waals surface area contributed by atoms with Gasteiger partial charge in [0.2, 0.25) is 0 Å². The molecule has 0 radical (unpaired) electrons. The highest BCUT2D eigenvalue weighted by Gasteiger charge is 2.78. The van der Waals surface area contributed by atoms with Gasteiger partial charge in [-0.3, -0.25) is 48.7 Å². The molecule has 14 atom stereocenters. The maximum atomic E-state index is 15.5. The Kier molecular flexibility index (Phi) is 23.1. The predicted octanol–water partition coefficient (Wildman–Crippen LogP) is 3.64. The van der Waals surface area contributed by atoms with Crippen LogP contribution >= 0.6 is 24.0 Å². The SMILES string of the molecule is CC(=O)O[C@H]1C(=O)[C@@]2(C)[C@H]([C@H](OC(=O)c3ccccc3)[C@]3(O)C[C@H](OC(=O)[C@H](O)[C@@H](NC(=O)c4ccccc4)c4ccccc4)C(C)=C1C3(C)C)[C@]1(OC(C)=O)CO[C@@H]1C[C@@H]2O.Cl.N=C1CCCN1Cc1[nH]c(=O)[nH]c(=O)c1Cl.O=c1[nH]c(=O)n([C@H]2C[C@H](O)[C@@H](CO)O2)cc1C(F)(F)F. The van der Waals surface area contributed by atoms with Crippen LogP contribution in [0, 0.1) is 22.2 Å². The van der Waals surface area contributed by atoms with Gasteiger partial charge >= 0.3 is 41.4 Å². The fraction of sp³-hybridized carbons (Fsp3) is 0.470. The number of H-pyrrole nitrogens is 3. The standard InChI is InChI=1S/C47H51NO14.C10H11F3N2O5.C9H11ClN4O2.ClH/c1-25-31(60-43(56)36(52)35(28-16-10-7-11-17-28)48-41(54)29-18-12-8-13-19-29)23-47(57)40(61-42(55)30-20-14-9-15-21-30)38-45(6,32(51)22-33-46(38,24-58-33)62-27(3)50)39(53)37(59-26(2)49)34(25)44(47,4)5;11-10(12,13)4-2-15(9(19)14-8(4)18)7-1-5(17)6(3-16)20-7;10-7-5(12-9(16)13-8(7)15)4-14-3-1-2-6(14)11;/h7-21,31-33,35-38,40,51-52,57H,22-24H2,1-6H3,(H,48,54);2,5-7,16-17H,1,3H2,(H,14,18,19);11H,1-4H2,(H2,12,13,15,16);1H/t31-,32-,33+,35-,36+,37+,38-,40-,45+,46-,47+;5-,6+,7+;;/m00../s1. The zero-order valence-corrected chi connectivity index (χ0v) is 55.6. The molecule has 5 fully saturated rings. The lowest BCUT2D eigenvalue weighted by molar-refractivity contribution is -0.346. The van der Waals surface area contributed by atoms with Crippen LogP contribution < -0.4 is 27.8 Å². The molecular weight excluding hydrogens is 1350 g/mol. The van der Waals surface area contributed by atoms with Crippen molar-refractivity contribution < 1.29 is 95.9 Å². The van der Waals surface area contributed by atoms with Crippen molar-refractivity contribution in [1.29, 1.82) is 5.41 Å². The number of carbonyl (C=O) groups is 6. The van der Waals surface area contributed by atoms with Gasteiger partial charge in [-0.05, 0) is 61.2 Å². The summed E-state index contributed by atoms with van der Waals surface area (Å²) in [4.78, 5) is 136. The predicted molar refractivity (Wildman–Crippen MR) is 343 cm³/mol. The number of esters is 4. The fourth-order valence-corrected chi connectivity index (χ4v) is 14.0. The van der Waals surface area contributed by atoms with E-state index in [2.05, 4.69) is 10.3 Å². The van der Waals surface area contributed by atoms with Crippen LogP contribution in [0.2, 0.25) is 5.02 Å². The number of aliphatic hydroxyl groups is 5. The summed E-state index contributed by atoms with van der Waals surface area (Å²) in [5, 5.41) is 66.2. The highest BCUT2D eigenvalue weighted by Crippen LogP contribution is 2.64. The molecule has 1 amide bonds. The van der Waals surface area contributed by atoms with Gasteiger partial charge in [0.25, 0.3) is 17.0 Å². The number of rotatable bonds is 14. The molecule has 33 heteroatoms. The number of alkyl halides is 3. The highest BCUT2D eigenvalue weighted by molar-refractivity contribution is 6.31. The summed E-state index contributed by atoms with van der Waals surface area (Å²) in [7, 11) is 0. The third kappa shape index (κ3) is 15.1. The quantitative estimate of drug-likeness (QED) is 0.0431. The van der Waals surface area contributed by atoms with Crippen molar-refractivity contribution in [2.75, 3.05) is 19.8 Å². The number of ketones is 1. The van der Waals surface area contributed by atoms with E-state index in [0.717, 1.165) is 33.2 Å². The van der Waals surface area contributed by atoms with Crippen LogP contribution in [0.25, 0.3) is 0 Å². The van der Waals surface area contributed by atoms with Gasteiger partial charge in [0.05, 0.1) is 66.4 Å². The smallest absolute Gasteiger partial charge is 0.423 e. The third-order valence-electron chi connectivity index (χ3n) is 19.0. The van der Waals surface area contributed by atoms with Crippen LogP contribution in [0.3, 0.4) is 0 Å². The number of Topliss-reactive ketones (excluding diaryl/α,β-unsaturated/α-hetero) is 1. The van der Waals surface area contributed by atoms with Gasteiger partial charge in [0, 0.05) is 63.3 Å². The highest BCUT2D eigenvalue weighted by atomic mass is 35.5. The average molecular weight is 1430 g/mol. The lowest BCUT2D eigenvalue weighted by Gasteiger charge is -2.67. The van der Waals surface area contributed by atoms with Crippen molar-refractivity contribution in [2.45, 2.75) is 159 Å². The minimum atomic E-state index is -4.92. The molecule has 3 saturated heterocycles. The number of aromatic nitrogens is 4.